The summed E-state index contributed by atoms with van der Waals surface area (Å²) in [5, 5.41) is 9.13. The number of hydrogen-bond donors (Lipinski definition) is 1. The lowest BCUT2D eigenvalue weighted by atomic mass is 10.0. The van der Waals surface area contributed by atoms with Gasteiger partial charge in [-0.25, -0.2) is 9.59 Å². The topological polar surface area (TPSA) is 60.9 Å². The Morgan fingerprint density at radius 2 is 1.78 bits per heavy atom. The van der Waals surface area contributed by atoms with E-state index in [0.29, 0.717) is 19.0 Å². The number of hydrogen-bond acceptors (Lipinski definition) is 2. The van der Waals surface area contributed by atoms with Gasteiger partial charge in [-0.15, -0.1) is 0 Å². The third-order valence-electron chi connectivity index (χ3n) is 3.53. The van der Waals surface area contributed by atoms with Crippen molar-refractivity contribution in [3.63, 3.8) is 0 Å². The number of aliphatic carboxylic acids is 1. The first-order valence-electron chi connectivity index (χ1n) is 6.44. The SMILES string of the molecule is CCC(C)CN(CC)C(=O)N(C)C(C)(C)C(=O)O. The molecule has 1 N–H and O–H groups in total. The van der Waals surface area contributed by atoms with Crippen LogP contribution in [0, 0.1) is 5.92 Å². The van der Waals surface area contributed by atoms with Gasteiger partial charge in [-0.05, 0) is 26.7 Å². The second kappa shape index (κ2) is 6.61. The van der Waals surface area contributed by atoms with Crippen molar-refractivity contribution >= 4 is 12.0 Å². The zero-order chi connectivity index (χ0) is 14.5. The van der Waals surface area contributed by atoms with Crippen LogP contribution in [0.25, 0.3) is 0 Å². The van der Waals surface area contributed by atoms with Crippen molar-refractivity contribution in [3.8, 4) is 0 Å². The van der Waals surface area contributed by atoms with E-state index in [9.17, 15) is 9.59 Å². The van der Waals surface area contributed by atoms with E-state index in [4.69, 9.17) is 5.11 Å². The molecule has 0 aromatic heterocycles. The highest BCUT2D eigenvalue weighted by Gasteiger charge is 2.36. The molecular formula is C13H26N2O3. The number of urea groups is 1. The van der Waals surface area contributed by atoms with Crippen molar-refractivity contribution in [1.82, 2.24) is 9.80 Å². The lowest BCUT2D eigenvalue weighted by molar-refractivity contribution is -0.147. The van der Waals surface area contributed by atoms with Crippen LogP contribution >= 0.6 is 0 Å². The number of amides is 2. The van der Waals surface area contributed by atoms with Gasteiger partial charge in [-0.1, -0.05) is 20.3 Å². The Bertz CT molecular complexity index is 303. The van der Waals surface area contributed by atoms with E-state index in [1.165, 1.54) is 25.8 Å². The summed E-state index contributed by atoms with van der Waals surface area (Å²) >= 11 is 0. The second-order valence-corrected chi connectivity index (χ2v) is 5.26. The van der Waals surface area contributed by atoms with Crippen molar-refractivity contribution in [2.75, 3.05) is 20.1 Å². The molecule has 0 saturated heterocycles. The first-order valence-corrected chi connectivity index (χ1v) is 6.44. The third kappa shape index (κ3) is 3.89. The van der Waals surface area contributed by atoms with E-state index in [1.807, 2.05) is 6.92 Å². The quantitative estimate of drug-likeness (QED) is 0.795. The molecule has 0 heterocycles. The standard InChI is InChI=1S/C13H26N2O3/c1-7-10(3)9-15(8-2)12(18)14(6)13(4,5)11(16)17/h10H,7-9H2,1-6H3,(H,16,17). The van der Waals surface area contributed by atoms with Crippen LogP contribution in [0.2, 0.25) is 0 Å². The molecule has 1 atom stereocenters. The highest BCUT2D eigenvalue weighted by molar-refractivity contribution is 5.85. The smallest absolute Gasteiger partial charge is 0.329 e. The molecule has 0 aliphatic rings. The number of likely N-dealkylation sites (N-methyl/N-ethyl adjacent to an activating group) is 1. The maximum absolute atomic E-state index is 12.3. The molecule has 0 radical (unpaired) electrons. The Kier molecular flexibility index (Phi) is 6.15. The van der Waals surface area contributed by atoms with Gasteiger partial charge in [0, 0.05) is 20.1 Å². The average Bonchev–Trinajstić information content (AvgIpc) is 2.33. The maximum atomic E-state index is 12.3. The molecule has 2 amide bonds. The molecule has 106 valence electrons. The van der Waals surface area contributed by atoms with E-state index in [0.717, 1.165) is 6.42 Å². The maximum Gasteiger partial charge on any atom is 0.329 e. The summed E-state index contributed by atoms with van der Waals surface area (Å²) in [4.78, 5) is 26.4. The first-order chi connectivity index (χ1) is 8.18. The molecule has 1 unspecified atom stereocenters. The highest BCUT2D eigenvalue weighted by atomic mass is 16.4. The predicted octanol–water partition coefficient (Wildman–Crippen LogP) is 2.27. The van der Waals surface area contributed by atoms with Crippen molar-refractivity contribution in [2.24, 2.45) is 5.92 Å². The zero-order valence-electron chi connectivity index (χ0n) is 12.4. The largest absolute Gasteiger partial charge is 0.480 e. The van der Waals surface area contributed by atoms with Gasteiger partial charge in [0.1, 0.15) is 5.54 Å². The summed E-state index contributed by atoms with van der Waals surface area (Å²) in [7, 11) is 1.54. The summed E-state index contributed by atoms with van der Waals surface area (Å²) in [6.07, 6.45) is 0.996. The molecule has 5 heteroatoms. The monoisotopic (exact) mass is 258 g/mol. The minimum Gasteiger partial charge on any atom is -0.480 e. The van der Waals surface area contributed by atoms with E-state index < -0.39 is 11.5 Å². The van der Waals surface area contributed by atoms with Crippen molar-refractivity contribution in [2.45, 2.75) is 46.6 Å². The molecule has 18 heavy (non-hydrogen) atoms. The van der Waals surface area contributed by atoms with Gasteiger partial charge >= 0.3 is 12.0 Å². The molecule has 0 fully saturated rings. The summed E-state index contributed by atoms with van der Waals surface area (Å²) in [5.74, 6) is -0.590. The molecule has 0 aliphatic carbocycles. The molecule has 0 aliphatic heterocycles. The van der Waals surface area contributed by atoms with Crippen LogP contribution < -0.4 is 0 Å². The molecule has 0 spiro atoms. The van der Waals surface area contributed by atoms with Crippen molar-refractivity contribution < 1.29 is 14.7 Å². The summed E-state index contributed by atoms with van der Waals surface area (Å²) < 4.78 is 0. The third-order valence-corrected chi connectivity index (χ3v) is 3.53. The second-order valence-electron chi connectivity index (χ2n) is 5.26. The number of carbonyl (C=O) groups is 2. The molecular weight excluding hydrogens is 232 g/mol. The molecule has 0 aromatic carbocycles. The van der Waals surface area contributed by atoms with Crippen LogP contribution in [0.5, 0.6) is 0 Å². The Balaban J connectivity index is 4.84. The Morgan fingerprint density at radius 1 is 1.28 bits per heavy atom. The highest BCUT2D eigenvalue weighted by Crippen LogP contribution is 2.16. The van der Waals surface area contributed by atoms with E-state index in [2.05, 4.69) is 13.8 Å². The fourth-order valence-corrected chi connectivity index (χ4v) is 1.44. The molecule has 0 saturated carbocycles. The lowest BCUT2D eigenvalue weighted by Crippen LogP contribution is -2.55. The van der Waals surface area contributed by atoms with Crippen molar-refractivity contribution in [1.29, 1.82) is 0 Å². The average molecular weight is 258 g/mol. The van der Waals surface area contributed by atoms with Gasteiger partial charge in [0.15, 0.2) is 0 Å². The van der Waals surface area contributed by atoms with Crippen LogP contribution in [0.1, 0.15) is 41.0 Å². The van der Waals surface area contributed by atoms with Crippen molar-refractivity contribution in [3.05, 3.63) is 0 Å². The predicted molar refractivity (Wildman–Crippen MR) is 71.6 cm³/mol. The number of carboxylic acids is 1. The molecule has 0 aromatic rings. The van der Waals surface area contributed by atoms with Gasteiger partial charge in [0.2, 0.25) is 0 Å². The Hall–Kier alpha value is -1.26. The minimum absolute atomic E-state index is 0.231. The first kappa shape index (κ1) is 16.7. The number of nitrogens with zero attached hydrogens (tertiary/aromatic N) is 2. The van der Waals surface area contributed by atoms with E-state index in [-0.39, 0.29) is 6.03 Å². The van der Waals surface area contributed by atoms with Crippen LogP contribution in [0.4, 0.5) is 4.79 Å². The zero-order valence-corrected chi connectivity index (χ0v) is 12.4. The lowest BCUT2D eigenvalue weighted by Gasteiger charge is -2.36. The van der Waals surface area contributed by atoms with Crippen LogP contribution in [-0.2, 0) is 4.79 Å². The number of carboxylic acid groups (broad SMARTS) is 1. The summed E-state index contributed by atoms with van der Waals surface area (Å²) in [5.41, 5.74) is -1.19. The van der Waals surface area contributed by atoms with Gasteiger partial charge < -0.3 is 14.9 Å². The van der Waals surface area contributed by atoms with E-state index in [1.54, 1.807) is 4.90 Å². The number of rotatable bonds is 6. The minimum atomic E-state index is -1.19. The Labute approximate surface area is 110 Å². The normalized spacial score (nSPS) is 13.0. The number of carbonyl (C=O) groups excluding carboxylic acids is 1. The summed E-state index contributed by atoms with van der Waals surface area (Å²) in [6, 6.07) is -0.231. The Morgan fingerprint density at radius 3 is 2.11 bits per heavy atom. The fourth-order valence-electron chi connectivity index (χ4n) is 1.44. The van der Waals surface area contributed by atoms with Gasteiger partial charge in [-0.3, -0.25) is 0 Å². The van der Waals surface area contributed by atoms with Gasteiger partial charge in [0.25, 0.3) is 0 Å². The van der Waals surface area contributed by atoms with Crippen LogP contribution in [-0.4, -0.2) is 52.6 Å². The van der Waals surface area contributed by atoms with Crippen LogP contribution in [0.3, 0.4) is 0 Å². The van der Waals surface area contributed by atoms with Crippen LogP contribution in [0.15, 0.2) is 0 Å². The molecule has 0 bridgehead atoms. The molecule has 0 rings (SSSR count). The summed E-state index contributed by atoms with van der Waals surface area (Å²) in [6.45, 7) is 10.4. The van der Waals surface area contributed by atoms with E-state index >= 15 is 0 Å². The fraction of sp³-hybridized carbons (Fsp3) is 0.846. The van der Waals surface area contributed by atoms with Gasteiger partial charge in [-0.2, -0.15) is 0 Å². The molecule has 5 nitrogen and oxygen atoms in total. The van der Waals surface area contributed by atoms with Gasteiger partial charge in [0.05, 0.1) is 0 Å².